The van der Waals surface area contributed by atoms with Gasteiger partial charge in [0.25, 0.3) is 5.56 Å². The highest BCUT2D eigenvalue weighted by molar-refractivity contribution is 7.93. The summed E-state index contributed by atoms with van der Waals surface area (Å²) in [6, 6.07) is 11.9. The molecule has 3 aromatic rings. The molecule has 0 bridgehead atoms. The normalized spacial score (nSPS) is 14.4. The highest BCUT2D eigenvalue weighted by atomic mass is 32.2. The van der Waals surface area contributed by atoms with Crippen molar-refractivity contribution < 1.29 is 13.2 Å². The molecule has 1 aromatic heterocycles. The summed E-state index contributed by atoms with van der Waals surface area (Å²) < 4.78 is 34.2. The molecule has 7 nitrogen and oxygen atoms in total. The van der Waals surface area contributed by atoms with Crippen molar-refractivity contribution in [1.82, 2.24) is 9.55 Å². The lowest BCUT2D eigenvalue weighted by atomic mass is 10.2. The second kappa shape index (κ2) is 6.94. The molecule has 28 heavy (non-hydrogen) atoms. The number of rotatable bonds is 6. The minimum absolute atomic E-state index is 0.00477. The van der Waals surface area contributed by atoms with E-state index in [2.05, 4.69) is 9.71 Å². The summed E-state index contributed by atoms with van der Waals surface area (Å²) in [6.07, 6.45) is 2.94. The number of sulfonamides is 1. The first-order valence-corrected chi connectivity index (χ1v) is 10.7. The van der Waals surface area contributed by atoms with Gasteiger partial charge in [-0.1, -0.05) is 6.07 Å². The Hall–Kier alpha value is -2.87. The van der Waals surface area contributed by atoms with Gasteiger partial charge in [0.05, 0.1) is 28.2 Å². The van der Waals surface area contributed by atoms with Crippen LogP contribution in [-0.2, 0) is 10.0 Å². The minimum atomic E-state index is -3.34. The zero-order chi connectivity index (χ0) is 19.9. The van der Waals surface area contributed by atoms with Crippen LogP contribution in [-0.4, -0.2) is 23.2 Å². The molecule has 0 aliphatic heterocycles. The Balaban J connectivity index is 1.62. The molecule has 1 fully saturated rings. The molecule has 0 radical (unpaired) electrons. The summed E-state index contributed by atoms with van der Waals surface area (Å²) in [5, 5.41) is 0.174. The van der Waals surface area contributed by atoms with Crippen molar-refractivity contribution in [3.63, 3.8) is 0 Å². The fraction of sp³-hybridized carbons (Fsp3) is 0.300. The van der Waals surface area contributed by atoms with E-state index in [0.29, 0.717) is 40.9 Å². The van der Waals surface area contributed by atoms with Gasteiger partial charge < -0.3 is 4.74 Å². The maximum atomic E-state index is 12.6. The molecule has 1 heterocycles. The molecule has 0 spiro atoms. The Morgan fingerprint density at radius 2 is 1.89 bits per heavy atom. The Kier molecular flexibility index (Phi) is 4.58. The Labute approximate surface area is 163 Å². The lowest BCUT2D eigenvalue weighted by Crippen LogP contribution is -2.22. The number of anilines is 1. The summed E-state index contributed by atoms with van der Waals surface area (Å²) in [4.78, 5) is 17.0. The number of ether oxygens (including phenoxy) is 1. The van der Waals surface area contributed by atoms with E-state index >= 15 is 0 Å². The van der Waals surface area contributed by atoms with Crippen LogP contribution in [0.25, 0.3) is 10.9 Å². The summed E-state index contributed by atoms with van der Waals surface area (Å²) in [5.41, 5.74) is 0.922. The van der Waals surface area contributed by atoms with Crippen LogP contribution in [0.4, 0.5) is 5.69 Å². The maximum Gasteiger partial charge on any atom is 0.261 e. The van der Waals surface area contributed by atoms with E-state index in [1.54, 1.807) is 53.4 Å². The molecule has 0 unspecified atom stereocenters. The van der Waals surface area contributed by atoms with Gasteiger partial charge in [0.1, 0.15) is 11.5 Å². The number of nitrogens with zero attached hydrogens (tertiary/aromatic N) is 2. The molecule has 2 aromatic carbocycles. The van der Waals surface area contributed by atoms with Gasteiger partial charge in [0, 0.05) is 12.1 Å². The quantitative estimate of drug-likeness (QED) is 0.683. The largest absolute Gasteiger partial charge is 0.457 e. The zero-order valence-corrected chi connectivity index (χ0v) is 16.4. The highest BCUT2D eigenvalue weighted by Gasteiger charge is 2.35. The lowest BCUT2D eigenvalue weighted by Gasteiger charge is -2.12. The monoisotopic (exact) mass is 399 g/mol. The molecular weight excluding hydrogens is 378 g/mol. The fourth-order valence-electron chi connectivity index (χ4n) is 2.93. The van der Waals surface area contributed by atoms with Crippen molar-refractivity contribution in [1.29, 1.82) is 0 Å². The van der Waals surface area contributed by atoms with Crippen molar-refractivity contribution in [2.75, 3.05) is 4.72 Å². The van der Waals surface area contributed by atoms with Crippen LogP contribution in [0, 0.1) is 0 Å². The molecule has 4 rings (SSSR count). The molecule has 0 amide bonds. The van der Waals surface area contributed by atoms with Crippen molar-refractivity contribution >= 4 is 26.6 Å². The number of fused-ring (bicyclic) bond motifs is 1. The van der Waals surface area contributed by atoms with Gasteiger partial charge >= 0.3 is 0 Å². The predicted molar refractivity (Wildman–Crippen MR) is 108 cm³/mol. The number of nitrogens with one attached hydrogen (secondary N) is 1. The van der Waals surface area contributed by atoms with Crippen LogP contribution in [0.3, 0.4) is 0 Å². The molecule has 8 heteroatoms. The van der Waals surface area contributed by atoms with Crippen LogP contribution in [0.15, 0.2) is 53.6 Å². The summed E-state index contributed by atoms with van der Waals surface area (Å²) in [5.74, 6) is 0.957. The molecule has 1 saturated carbocycles. The summed E-state index contributed by atoms with van der Waals surface area (Å²) >= 11 is 0. The smallest absolute Gasteiger partial charge is 0.261 e. The molecule has 146 valence electrons. The minimum Gasteiger partial charge on any atom is -0.457 e. The third-order valence-corrected chi connectivity index (χ3v) is 6.47. The van der Waals surface area contributed by atoms with Gasteiger partial charge in [-0.15, -0.1) is 0 Å². The van der Waals surface area contributed by atoms with E-state index in [9.17, 15) is 13.2 Å². The second-order valence-corrected chi connectivity index (χ2v) is 9.17. The molecule has 0 atom stereocenters. The number of hydrogen-bond acceptors (Lipinski definition) is 5. The molecule has 0 saturated heterocycles. The van der Waals surface area contributed by atoms with Crippen molar-refractivity contribution in [2.24, 2.45) is 0 Å². The average Bonchev–Trinajstić information content (AvgIpc) is 3.48. The van der Waals surface area contributed by atoms with E-state index < -0.39 is 10.0 Å². The number of benzene rings is 2. The van der Waals surface area contributed by atoms with Gasteiger partial charge in [-0.2, -0.15) is 0 Å². The second-order valence-electron chi connectivity index (χ2n) is 7.21. The van der Waals surface area contributed by atoms with E-state index in [0.717, 1.165) is 0 Å². The van der Waals surface area contributed by atoms with Crippen molar-refractivity contribution in [3.05, 3.63) is 59.1 Å². The summed E-state index contributed by atoms with van der Waals surface area (Å²) in [7, 11) is -3.34. The van der Waals surface area contributed by atoms with Gasteiger partial charge in [0.15, 0.2) is 0 Å². The first-order valence-electron chi connectivity index (χ1n) is 9.14. The van der Waals surface area contributed by atoms with E-state index in [1.807, 2.05) is 13.8 Å². The van der Waals surface area contributed by atoms with Crippen LogP contribution in [0.2, 0.25) is 0 Å². The SMILES string of the molecule is CC(C)n1cnc2ccc(Oc3cccc(NS(=O)(=O)C4CC4)c3)cc2c1=O. The first-order chi connectivity index (χ1) is 13.3. The Bertz CT molecular complexity index is 1200. The lowest BCUT2D eigenvalue weighted by molar-refractivity contribution is 0.483. The van der Waals surface area contributed by atoms with Gasteiger partial charge in [-0.25, -0.2) is 13.4 Å². The topological polar surface area (TPSA) is 90.3 Å². The third-order valence-electron chi connectivity index (χ3n) is 4.60. The van der Waals surface area contributed by atoms with Crippen LogP contribution >= 0.6 is 0 Å². The zero-order valence-electron chi connectivity index (χ0n) is 15.6. The maximum absolute atomic E-state index is 12.6. The van der Waals surface area contributed by atoms with Gasteiger partial charge in [0.2, 0.25) is 10.0 Å². The highest BCUT2D eigenvalue weighted by Crippen LogP contribution is 2.31. The van der Waals surface area contributed by atoms with Crippen LogP contribution < -0.4 is 15.0 Å². The van der Waals surface area contributed by atoms with E-state index in [-0.39, 0.29) is 16.9 Å². The third kappa shape index (κ3) is 3.73. The first kappa shape index (κ1) is 18.5. The predicted octanol–water partition coefficient (Wildman–Crippen LogP) is 3.67. The number of aromatic nitrogens is 2. The van der Waals surface area contributed by atoms with E-state index in [1.165, 1.54) is 0 Å². The van der Waals surface area contributed by atoms with Gasteiger partial charge in [-0.3, -0.25) is 14.1 Å². The Morgan fingerprint density at radius 1 is 1.14 bits per heavy atom. The van der Waals surface area contributed by atoms with Crippen molar-refractivity contribution in [2.45, 2.75) is 38.0 Å². The Morgan fingerprint density at radius 3 is 2.61 bits per heavy atom. The molecular formula is C20H21N3O4S. The standard InChI is InChI=1S/C20H21N3O4S/c1-13(2)23-12-21-19-9-6-16(11-18(19)20(23)24)27-15-5-3-4-14(10-15)22-28(25,26)17-7-8-17/h3-6,9-13,17,22H,7-8H2,1-2H3. The molecule has 1 N–H and O–H groups in total. The van der Waals surface area contributed by atoms with E-state index in [4.69, 9.17) is 4.74 Å². The molecule has 1 aliphatic carbocycles. The average molecular weight is 399 g/mol. The number of hydrogen-bond donors (Lipinski definition) is 1. The van der Waals surface area contributed by atoms with Crippen molar-refractivity contribution in [3.8, 4) is 11.5 Å². The molecule has 1 aliphatic rings. The summed E-state index contributed by atoms with van der Waals surface area (Å²) in [6.45, 7) is 3.84. The van der Waals surface area contributed by atoms with Crippen LogP contribution in [0.5, 0.6) is 11.5 Å². The van der Waals surface area contributed by atoms with Crippen LogP contribution in [0.1, 0.15) is 32.7 Å². The van der Waals surface area contributed by atoms with Gasteiger partial charge in [-0.05, 0) is 57.0 Å². The fourth-order valence-corrected chi connectivity index (χ4v) is 4.31.